The van der Waals surface area contributed by atoms with E-state index in [0.29, 0.717) is 0 Å². The number of hydrogen-bond acceptors (Lipinski definition) is 3. The number of nitroso groups, excluding NO2 is 1. The van der Waals surface area contributed by atoms with Crippen molar-refractivity contribution in [3.05, 3.63) is 4.91 Å². The lowest BCUT2D eigenvalue weighted by molar-refractivity contribution is -0.119. The molecule has 3 heteroatoms. The molecule has 0 N–H and O–H groups in total. The van der Waals surface area contributed by atoms with Crippen molar-refractivity contribution in [1.29, 1.82) is 0 Å². The molecule has 0 rings (SSSR count). The molecule has 0 bridgehead atoms. The fourth-order valence-corrected chi connectivity index (χ4v) is 0.767. The Morgan fingerprint density at radius 3 is 2.00 bits per heavy atom. The Balaban J connectivity index is 4.12. The van der Waals surface area contributed by atoms with Gasteiger partial charge in [-0.3, -0.25) is 0 Å². The molecule has 0 atom stereocenters. The third kappa shape index (κ3) is 4.09. The first-order chi connectivity index (χ1) is 4.83. The minimum atomic E-state index is -0.903. The van der Waals surface area contributed by atoms with Gasteiger partial charge in [-0.25, -0.2) is 0 Å². The van der Waals surface area contributed by atoms with Crippen LogP contribution in [0.4, 0.5) is 0 Å². The van der Waals surface area contributed by atoms with Crippen LogP contribution in [0.3, 0.4) is 0 Å². The van der Waals surface area contributed by atoms with Gasteiger partial charge in [-0.15, -0.1) is 4.91 Å². The molecule has 0 unspecified atom stereocenters. The van der Waals surface area contributed by atoms with Crippen LogP contribution in [-0.4, -0.2) is 11.3 Å². The molecule has 0 radical (unpaired) electrons. The van der Waals surface area contributed by atoms with Crippen molar-refractivity contribution >= 4 is 0 Å². The van der Waals surface area contributed by atoms with Gasteiger partial charge < -0.3 is 4.74 Å². The lowest BCUT2D eigenvalue weighted by Crippen LogP contribution is -2.34. The van der Waals surface area contributed by atoms with Crippen molar-refractivity contribution in [1.82, 2.24) is 0 Å². The lowest BCUT2D eigenvalue weighted by Gasteiger charge is -2.30. The van der Waals surface area contributed by atoms with E-state index in [0.717, 1.165) is 6.42 Å². The van der Waals surface area contributed by atoms with Gasteiger partial charge >= 0.3 is 0 Å². The van der Waals surface area contributed by atoms with Crippen molar-refractivity contribution in [3.63, 3.8) is 0 Å². The Hall–Kier alpha value is -0.440. The molecule has 3 nitrogen and oxygen atoms in total. The second-order valence-corrected chi connectivity index (χ2v) is 3.75. The molecule has 0 fully saturated rings. The van der Waals surface area contributed by atoms with Gasteiger partial charge in [0, 0.05) is 0 Å². The molecule has 0 heterocycles. The summed E-state index contributed by atoms with van der Waals surface area (Å²) in [6.45, 7) is 9.23. The first kappa shape index (κ1) is 10.6. The second kappa shape index (κ2) is 3.30. The van der Waals surface area contributed by atoms with Gasteiger partial charge in [0.15, 0.2) is 5.72 Å². The SMILES string of the molecule is CCC(C)(C)OC(C)(C)N=O. The molecule has 0 spiro atoms. The van der Waals surface area contributed by atoms with Gasteiger partial charge in [0.1, 0.15) is 0 Å². The van der Waals surface area contributed by atoms with Crippen molar-refractivity contribution < 1.29 is 4.74 Å². The fraction of sp³-hybridized carbons (Fsp3) is 1.00. The normalized spacial score (nSPS) is 13.2. The summed E-state index contributed by atoms with van der Waals surface area (Å²) >= 11 is 0. The van der Waals surface area contributed by atoms with Gasteiger partial charge in [0.05, 0.1) is 5.60 Å². The van der Waals surface area contributed by atoms with E-state index in [4.69, 9.17) is 4.74 Å². The van der Waals surface area contributed by atoms with Crippen LogP contribution in [0.15, 0.2) is 5.18 Å². The molecular formula is C8H17NO2. The highest BCUT2D eigenvalue weighted by Crippen LogP contribution is 2.23. The van der Waals surface area contributed by atoms with E-state index >= 15 is 0 Å². The summed E-state index contributed by atoms with van der Waals surface area (Å²) in [6.07, 6.45) is 0.867. The summed E-state index contributed by atoms with van der Waals surface area (Å²) in [5.74, 6) is 0. The molecule has 0 aromatic carbocycles. The summed E-state index contributed by atoms with van der Waals surface area (Å²) in [5, 5.41) is 2.88. The van der Waals surface area contributed by atoms with E-state index in [1.165, 1.54) is 0 Å². The van der Waals surface area contributed by atoms with Crippen LogP contribution >= 0.6 is 0 Å². The van der Waals surface area contributed by atoms with Crippen LogP contribution in [0.1, 0.15) is 41.0 Å². The predicted molar refractivity (Wildman–Crippen MR) is 45.3 cm³/mol. The lowest BCUT2D eigenvalue weighted by atomic mass is 10.1. The Labute approximate surface area is 68.1 Å². The Morgan fingerprint density at radius 1 is 1.27 bits per heavy atom. The highest BCUT2D eigenvalue weighted by molar-refractivity contribution is 4.73. The van der Waals surface area contributed by atoms with Crippen LogP contribution in [0.2, 0.25) is 0 Å². The minimum Gasteiger partial charge on any atom is -0.345 e. The summed E-state index contributed by atoms with van der Waals surface area (Å²) < 4.78 is 5.44. The average Bonchev–Trinajstić information content (AvgIpc) is 1.86. The van der Waals surface area contributed by atoms with E-state index < -0.39 is 5.72 Å². The van der Waals surface area contributed by atoms with Crippen molar-refractivity contribution in [3.8, 4) is 0 Å². The standard InChI is InChI=1S/C8H17NO2/c1-6-7(2,3)11-8(4,5)9-10/h6H2,1-5H3. The molecule has 0 aliphatic carbocycles. The minimum absolute atomic E-state index is 0.266. The van der Waals surface area contributed by atoms with Crippen LogP contribution in [0.5, 0.6) is 0 Å². The monoisotopic (exact) mass is 159 g/mol. The zero-order valence-corrected chi connectivity index (χ0v) is 7.97. The molecule has 0 aliphatic rings. The smallest absolute Gasteiger partial charge is 0.194 e. The maximum Gasteiger partial charge on any atom is 0.194 e. The van der Waals surface area contributed by atoms with Crippen LogP contribution in [0.25, 0.3) is 0 Å². The maximum atomic E-state index is 10.2. The van der Waals surface area contributed by atoms with E-state index in [9.17, 15) is 4.91 Å². The number of nitrogens with zero attached hydrogens (tertiary/aromatic N) is 1. The van der Waals surface area contributed by atoms with Gasteiger partial charge in [0.25, 0.3) is 0 Å². The summed E-state index contributed by atoms with van der Waals surface area (Å²) in [6, 6.07) is 0. The highest BCUT2D eigenvalue weighted by Gasteiger charge is 2.28. The quantitative estimate of drug-likeness (QED) is 0.591. The Bertz CT molecular complexity index is 141. The van der Waals surface area contributed by atoms with Crippen molar-refractivity contribution in [2.45, 2.75) is 52.4 Å². The Kier molecular flexibility index (Phi) is 3.17. The molecule has 66 valence electrons. The zero-order valence-electron chi connectivity index (χ0n) is 7.97. The molecule has 0 saturated carbocycles. The van der Waals surface area contributed by atoms with Gasteiger partial charge in [-0.1, -0.05) is 6.92 Å². The van der Waals surface area contributed by atoms with E-state index in [1.807, 2.05) is 20.8 Å². The molecule has 0 amide bonds. The first-order valence-electron chi connectivity index (χ1n) is 3.88. The van der Waals surface area contributed by atoms with E-state index in [2.05, 4.69) is 5.18 Å². The molecule has 0 saturated heterocycles. The number of rotatable bonds is 4. The second-order valence-electron chi connectivity index (χ2n) is 3.75. The molecule has 11 heavy (non-hydrogen) atoms. The molecule has 0 aliphatic heterocycles. The highest BCUT2D eigenvalue weighted by atomic mass is 16.5. The van der Waals surface area contributed by atoms with Crippen LogP contribution in [0, 0.1) is 4.91 Å². The fourth-order valence-electron chi connectivity index (χ4n) is 0.767. The summed E-state index contributed by atoms with van der Waals surface area (Å²) in [4.78, 5) is 10.2. The predicted octanol–water partition coefficient (Wildman–Crippen LogP) is 2.69. The Morgan fingerprint density at radius 2 is 1.73 bits per heavy atom. The maximum absolute atomic E-state index is 10.2. The average molecular weight is 159 g/mol. The van der Waals surface area contributed by atoms with Gasteiger partial charge in [0.2, 0.25) is 0 Å². The van der Waals surface area contributed by atoms with Crippen molar-refractivity contribution in [2.75, 3.05) is 0 Å². The third-order valence-electron chi connectivity index (χ3n) is 1.60. The van der Waals surface area contributed by atoms with Gasteiger partial charge in [-0.05, 0) is 39.3 Å². The topological polar surface area (TPSA) is 38.7 Å². The summed E-state index contributed by atoms with van der Waals surface area (Å²) in [5.41, 5.74) is -1.17. The van der Waals surface area contributed by atoms with Crippen LogP contribution in [-0.2, 0) is 4.74 Å². The first-order valence-corrected chi connectivity index (χ1v) is 3.88. The largest absolute Gasteiger partial charge is 0.345 e. The molecular weight excluding hydrogens is 142 g/mol. The summed E-state index contributed by atoms with van der Waals surface area (Å²) in [7, 11) is 0. The van der Waals surface area contributed by atoms with E-state index in [-0.39, 0.29) is 5.60 Å². The van der Waals surface area contributed by atoms with Crippen LogP contribution < -0.4 is 0 Å². The van der Waals surface area contributed by atoms with E-state index in [1.54, 1.807) is 13.8 Å². The van der Waals surface area contributed by atoms with Crippen molar-refractivity contribution in [2.24, 2.45) is 5.18 Å². The third-order valence-corrected chi connectivity index (χ3v) is 1.60. The molecule has 0 aromatic heterocycles. The molecule has 0 aromatic rings. The number of hydrogen-bond donors (Lipinski definition) is 0. The van der Waals surface area contributed by atoms with Gasteiger partial charge in [-0.2, -0.15) is 0 Å². The zero-order chi connectivity index (χ0) is 9.12. The number of ether oxygens (including phenoxy) is 1.